The first kappa shape index (κ1) is 13.0. The Balaban J connectivity index is 1.88. The molecule has 0 unspecified atom stereocenters. The first-order chi connectivity index (χ1) is 8.16. The Hall–Kier alpha value is -0.410. The van der Waals surface area contributed by atoms with Gasteiger partial charge in [-0.05, 0) is 37.8 Å². The molecule has 0 bridgehead atoms. The fourth-order valence-electron chi connectivity index (χ4n) is 2.56. The number of rotatable bonds is 4. The van der Waals surface area contributed by atoms with Crippen LogP contribution in [0.25, 0.3) is 0 Å². The van der Waals surface area contributed by atoms with Crippen molar-refractivity contribution in [2.75, 3.05) is 0 Å². The minimum Gasteiger partial charge on any atom is -0.310 e. The maximum absolute atomic E-state index is 13.6. The first-order valence-corrected chi connectivity index (χ1v) is 7.13. The van der Waals surface area contributed by atoms with Gasteiger partial charge in [0.15, 0.2) is 0 Å². The van der Waals surface area contributed by atoms with Gasteiger partial charge < -0.3 is 5.32 Å². The van der Waals surface area contributed by atoms with Crippen molar-refractivity contribution in [3.63, 3.8) is 0 Å². The minimum absolute atomic E-state index is 0.134. The monoisotopic (exact) mass is 299 g/mol. The van der Waals surface area contributed by atoms with Crippen molar-refractivity contribution in [1.29, 1.82) is 0 Å². The smallest absolute Gasteiger partial charge is 0.128 e. The molecule has 0 aromatic heterocycles. The van der Waals surface area contributed by atoms with E-state index in [0.717, 1.165) is 16.0 Å². The van der Waals surface area contributed by atoms with E-state index in [1.807, 2.05) is 12.1 Å². The van der Waals surface area contributed by atoms with E-state index in [0.29, 0.717) is 12.6 Å². The van der Waals surface area contributed by atoms with Crippen molar-refractivity contribution in [1.82, 2.24) is 5.32 Å². The highest BCUT2D eigenvalue weighted by atomic mass is 79.9. The zero-order valence-corrected chi connectivity index (χ0v) is 11.8. The highest BCUT2D eigenvalue weighted by Crippen LogP contribution is 2.27. The van der Waals surface area contributed by atoms with Crippen LogP contribution in [0.15, 0.2) is 22.7 Å². The van der Waals surface area contributed by atoms with Crippen molar-refractivity contribution in [3.8, 4) is 0 Å². The lowest BCUT2D eigenvalue weighted by Crippen LogP contribution is -2.32. The van der Waals surface area contributed by atoms with Gasteiger partial charge in [0.25, 0.3) is 0 Å². The topological polar surface area (TPSA) is 12.0 Å². The van der Waals surface area contributed by atoms with Crippen LogP contribution in [-0.4, -0.2) is 6.04 Å². The second-order valence-corrected chi connectivity index (χ2v) is 5.87. The summed E-state index contributed by atoms with van der Waals surface area (Å²) < 4.78 is 14.4. The Morgan fingerprint density at radius 3 is 2.76 bits per heavy atom. The molecule has 0 saturated heterocycles. The van der Waals surface area contributed by atoms with Crippen LogP contribution in [0, 0.1) is 11.7 Å². The van der Waals surface area contributed by atoms with Crippen molar-refractivity contribution < 1.29 is 4.39 Å². The molecule has 1 nitrogen and oxygen atoms in total. The quantitative estimate of drug-likeness (QED) is 0.876. The second-order valence-electron chi connectivity index (χ2n) is 4.95. The number of hydrogen-bond acceptors (Lipinski definition) is 1. The van der Waals surface area contributed by atoms with Gasteiger partial charge in [-0.1, -0.05) is 34.8 Å². The molecule has 3 heteroatoms. The van der Waals surface area contributed by atoms with Crippen LogP contribution in [0.4, 0.5) is 4.39 Å². The van der Waals surface area contributed by atoms with Crippen LogP contribution in [0.1, 0.15) is 38.2 Å². The fraction of sp³-hybridized carbons (Fsp3) is 0.571. The molecule has 1 aliphatic rings. The van der Waals surface area contributed by atoms with Crippen LogP contribution in [-0.2, 0) is 6.54 Å². The lowest BCUT2D eigenvalue weighted by Gasteiger charge is -2.20. The van der Waals surface area contributed by atoms with Crippen molar-refractivity contribution in [3.05, 3.63) is 34.1 Å². The molecule has 0 heterocycles. The molecule has 0 radical (unpaired) electrons. The lowest BCUT2D eigenvalue weighted by atomic mass is 9.99. The van der Waals surface area contributed by atoms with Crippen LogP contribution in [0.2, 0.25) is 0 Å². The molecule has 1 aromatic carbocycles. The van der Waals surface area contributed by atoms with E-state index in [1.165, 1.54) is 31.7 Å². The number of halogens is 2. The van der Waals surface area contributed by atoms with Gasteiger partial charge in [0.2, 0.25) is 0 Å². The molecule has 1 N–H and O–H groups in total. The third-order valence-corrected chi connectivity index (χ3v) is 4.23. The predicted molar refractivity (Wildman–Crippen MR) is 72.4 cm³/mol. The van der Waals surface area contributed by atoms with Gasteiger partial charge in [0, 0.05) is 22.6 Å². The van der Waals surface area contributed by atoms with Crippen molar-refractivity contribution in [2.45, 2.75) is 45.2 Å². The third-order valence-electron chi connectivity index (χ3n) is 3.74. The number of hydrogen-bond donors (Lipinski definition) is 1. The average Bonchev–Trinajstić information content (AvgIpc) is 2.81. The largest absolute Gasteiger partial charge is 0.310 e. The van der Waals surface area contributed by atoms with Gasteiger partial charge in [-0.3, -0.25) is 0 Å². The van der Waals surface area contributed by atoms with E-state index in [4.69, 9.17) is 0 Å². The van der Waals surface area contributed by atoms with Crippen LogP contribution >= 0.6 is 15.9 Å². The molecule has 1 saturated carbocycles. The van der Waals surface area contributed by atoms with Crippen LogP contribution in [0.3, 0.4) is 0 Å². The van der Waals surface area contributed by atoms with Crippen molar-refractivity contribution in [2.24, 2.45) is 5.92 Å². The molecule has 2 rings (SSSR count). The third kappa shape index (κ3) is 3.52. The maximum Gasteiger partial charge on any atom is 0.128 e. The van der Waals surface area contributed by atoms with Crippen LogP contribution in [0.5, 0.6) is 0 Å². The average molecular weight is 300 g/mol. The maximum atomic E-state index is 13.6. The van der Waals surface area contributed by atoms with Crippen LogP contribution < -0.4 is 5.32 Å². The molecule has 0 aliphatic heterocycles. The predicted octanol–water partition coefficient (Wildman–Crippen LogP) is 4.26. The SMILES string of the molecule is C[C@@H](NCc1ccc(Br)cc1F)C1CCCC1. The fourth-order valence-corrected chi connectivity index (χ4v) is 2.89. The highest BCUT2D eigenvalue weighted by Gasteiger charge is 2.21. The summed E-state index contributed by atoms with van der Waals surface area (Å²) in [6.45, 7) is 2.84. The molecule has 0 spiro atoms. The lowest BCUT2D eigenvalue weighted by molar-refractivity contribution is 0.378. The van der Waals surface area contributed by atoms with Gasteiger partial charge in [-0.15, -0.1) is 0 Å². The Bertz CT molecular complexity index is 374. The standard InChI is InChI=1S/C14H19BrFN/c1-10(11-4-2-3-5-11)17-9-12-6-7-13(15)8-14(12)16/h6-8,10-11,17H,2-5,9H2,1H3/t10-/m1/s1. The normalized spacial score (nSPS) is 18.5. The van der Waals surface area contributed by atoms with E-state index >= 15 is 0 Å². The summed E-state index contributed by atoms with van der Waals surface area (Å²) in [6, 6.07) is 5.74. The molecule has 0 amide bonds. The molecular formula is C14H19BrFN. The molecule has 17 heavy (non-hydrogen) atoms. The molecule has 1 aromatic rings. The first-order valence-electron chi connectivity index (χ1n) is 6.34. The zero-order chi connectivity index (χ0) is 12.3. The van der Waals surface area contributed by atoms with Gasteiger partial charge in [-0.25, -0.2) is 4.39 Å². The molecule has 1 atom stereocenters. The zero-order valence-electron chi connectivity index (χ0n) is 10.2. The summed E-state index contributed by atoms with van der Waals surface area (Å²) in [5.41, 5.74) is 0.748. The molecule has 94 valence electrons. The number of benzene rings is 1. The molecule has 1 fully saturated rings. The summed E-state index contributed by atoms with van der Waals surface area (Å²) in [5.74, 6) is 0.638. The summed E-state index contributed by atoms with van der Waals surface area (Å²) in [6.07, 6.45) is 5.33. The second kappa shape index (κ2) is 5.96. The highest BCUT2D eigenvalue weighted by molar-refractivity contribution is 9.10. The van der Waals surface area contributed by atoms with E-state index in [2.05, 4.69) is 28.2 Å². The van der Waals surface area contributed by atoms with Gasteiger partial charge >= 0.3 is 0 Å². The summed E-state index contributed by atoms with van der Waals surface area (Å²) in [4.78, 5) is 0. The van der Waals surface area contributed by atoms with Gasteiger partial charge in [-0.2, -0.15) is 0 Å². The Kier molecular flexibility index (Phi) is 4.57. The van der Waals surface area contributed by atoms with E-state index in [9.17, 15) is 4.39 Å². The van der Waals surface area contributed by atoms with E-state index in [1.54, 1.807) is 0 Å². The van der Waals surface area contributed by atoms with Crippen molar-refractivity contribution >= 4 is 15.9 Å². The molecular weight excluding hydrogens is 281 g/mol. The summed E-state index contributed by atoms with van der Waals surface area (Å²) >= 11 is 3.27. The Morgan fingerprint density at radius 1 is 1.41 bits per heavy atom. The number of nitrogens with one attached hydrogen (secondary N) is 1. The van der Waals surface area contributed by atoms with Gasteiger partial charge in [0.1, 0.15) is 5.82 Å². The Morgan fingerprint density at radius 2 is 2.12 bits per heavy atom. The Labute approximate surface area is 111 Å². The molecule has 1 aliphatic carbocycles. The summed E-state index contributed by atoms with van der Waals surface area (Å²) in [5, 5.41) is 3.45. The van der Waals surface area contributed by atoms with Gasteiger partial charge in [0.05, 0.1) is 0 Å². The van der Waals surface area contributed by atoms with E-state index in [-0.39, 0.29) is 5.82 Å². The summed E-state index contributed by atoms with van der Waals surface area (Å²) in [7, 11) is 0. The minimum atomic E-state index is -0.134. The van der Waals surface area contributed by atoms with E-state index < -0.39 is 0 Å².